The molecule has 3 aromatic rings. The molecule has 0 bridgehead atoms. The zero-order chi connectivity index (χ0) is 16.0. The molecule has 0 atom stereocenters. The summed E-state index contributed by atoms with van der Waals surface area (Å²) in [6, 6.07) is 7.29. The average molecular weight is 211 g/mol. The smallest absolute Gasteiger partial charge is 0.0840 e. The lowest BCUT2D eigenvalue weighted by molar-refractivity contribution is 1.36. The molecule has 0 aliphatic rings. The first kappa shape index (κ1) is 4.79. The summed E-state index contributed by atoms with van der Waals surface area (Å²) in [5.41, 5.74) is 0.939. The maximum atomic E-state index is 8.11. The van der Waals surface area contributed by atoms with E-state index < -0.39 is 6.04 Å². The van der Waals surface area contributed by atoms with Gasteiger partial charge in [-0.1, -0.05) is 54.5 Å². The van der Waals surface area contributed by atoms with Gasteiger partial charge in [0, 0.05) is 17.1 Å². The van der Waals surface area contributed by atoms with E-state index in [0.717, 1.165) is 0 Å². The first-order valence-electron chi connectivity index (χ1n) is 7.86. The van der Waals surface area contributed by atoms with Gasteiger partial charge in [-0.3, -0.25) is 4.98 Å². The van der Waals surface area contributed by atoms with Gasteiger partial charge in [0.05, 0.1) is 13.9 Å². The van der Waals surface area contributed by atoms with E-state index in [0.29, 0.717) is 11.3 Å². The quantitative estimate of drug-likeness (QED) is 0.595. The summed E-state index contributed by atoms with van der Waals surface area (Å²) in [5, 5.41) is 0.211. The molecule has 0 fully saturated rings. The molecule has 0 radical (unpaired) electrons. The normalized spacial score (nSPS) is 15.8. The van der Waals surface area contributed by atoms with Crippen LogP contribution in [-0.4, -0.2) is 4.98 Å². The number of benzene rings is 2. The Morgan fingerprint density at radius 3 is 2.62 bits per heavy atom. The number of pyridine rings is 1. The van der Waals surface area contributed by atoms with Crippen LogP contribution in [0.15, 0.2) is 66.7 Å². The number of fused-ring (bicyclic) bond motifs is 1. The van der Waals surface area contributed by atoms with Crippen LogP contribution in [0.4, 0.5) is 0 Å². The Morgan fingerprint density at radius 2 is 1.75 bits per heavy atom. The molecule has 1 heterocycles. The van der Waals surface area contributed by atoms with Crippen molar-refractivity contribution in [1.82, 2.24) is 4.98 Å². The fraction of sp³-hybridized carbons (Fsp3) is 0. The Labute approximate surface area is 103 Å². The van der Waals surface area contributed by atoms with E-state index in [9.17, 15) is 0 Å². The summed E-state index contributed by atoms with van der Waals surface area (Å²) >= 11 is 0. The molecule has 1 nitrogen and oxygen atoms in total. The van der Waals surface area contributed by atoms with E-state index in [4.69, 9.17) is 8.22 Å². The van der Waals surface area contributed by atoms with Crippen molar-refractivity contribution in [3.63, 3.8) is 0 Å². The van der Waals surface area contributed by atoms with Crippen molar-refractivity contribution in [2.75, 3.05) is 0 Å². The van der Waals surface area contributed by atoms with Crippen LogP contribution >= 0.6 is 0 Å². The Kier molecular flexibility index (Phi) is 1.13. The fourth-order valence-electron chi connectivity index (χ4n) is 1.58. The van der Waals surface area contributed by atoms with Crippen molar-refractivity contribution in [1.29, 1.82) is 0 Å². The zero-order valence-corrected chi connectivity index (χ0v) is 8.33. The average Bonchev–Trinajstić information content (AvgIpc) is 2.53. The van der Waals surface area contributed by atoms with E-state index in [1.54, 1.807) is 24.3 Å². The molecule has 1 heteroatoms. The van der Waals surface area contributed by atoms with Gasteiger partial charge in [0.1, 0.15) is 0 Å². The van der Waals surface area contributed by atoms with E-state index in [1.165, 1.54) is 0 Å². The predicted molar refractivity (Wildman–Crippen MR) is 67.2 cm³/mol. The molecule has 0 spiro atoms. The van der Waals surface area contributed by atoms with Gasteiger partial charge < -0.3 is 0 Å². The van der Waals surface area contributed by atoms with Crippen LogP contribution in [0.2, 0.25) is 0 Å². The van der Waals surface area contributed by atoms with Gasteiger partial charge in [-0.25, -0.2) is 0 Å². The first-order valence-corrected chi connectivity index (χ1v) is 4.86. The van der Waals surface area contributed by atoms with Crippen LogP contribution in [0.3, 0.4) is 0 Å². The van der Waals surface area contributed by atoms with E-state index in [-0.39, 0.29) is 41.1 Å². The molecule has 2 aromatic carbocycles. The van der Waals surface area contributed by atoms with Crippen molar-refractivity contribution in [3.8, 4) is 11.3 Å². The second kappa shape index (κ2) is 3.78. The second-order valence-electron chi connectivity index (χ2n) is 3.31. The van der Waals surface area contributed by atoms with Crippen LogP contribution in [0.1, 0.15) is 8.22 Å². The van der Waals surface area contributed by atoms with Crippen molar-refractivity contribution in [2.45, 2.75) is 0 Å². The SMILES string of the molecule is [2H]c1nc(-c2ccccc2)c2c([2H])c([2H])c([2H])c([2H])c2c1[2H]. The van der Waals surface area contributed by atoms with Gasteiger partial charge >= 0.3 is 0 Å². The highest BCUT2D eigenvalue weighted by atomic mass is 14.7. The van der Waals surface area contributed by atoms with Gasteiger partial charge in [-0.2, -0.15) is 0 Å². The van der Waals surface area contributed by atoms with Crippen molar-refractivity contribution < 1.29 is 8.22 Å². The van der Waals surface area contributed by atoms with Gasteiger partial charge in [0.25, 0.3) is 0 Å². The molecular weight excluding hydrogens is 194 g/mol. The number of hydrogen-bond acceptors (Lipinski definition) is 1. The summed E-state index contributed by atoms with van der Waals surface area (Å²) in [6.07, 6.45) is -0.309. The van der Waals surface area contributed by atoms with E-state index in [1.807, 2.05) is 6.07 Å². The van der Waals surface area contributed by atoms with Crippen LogP contribution in [0, 0.1) is 0 Å². The minimum Gasteiger partial charge on any atom is -0.256 e. The van der Waals surface area contributed by atoms with Crippen LogP contribution in [0.5, 0.6) is 0 Å². The number of nitrogens with zero attached hydrogens (tertiary/aromatic N) is 1. The monoisotopic (exact) mass is 211 g/mol. The Hall–Kier alpha value is -2.15. The fourth-order valence-corrected chi connectivity index (χ4v) is 1.58. The molecule has 0 aliphatic heterocycles. The minimum atomic E-state index is -0.407. The maximum Gasteiger partial charge on any atom is 0.0840 e. The van der Waals surface area contributed by atoms with Crippen molar-refractivity contribution in [3.05, 3.63) is 66.7 Å². The zero-order valence-electron chi connectivity index (χ0n) is 14.3. The molecule has 0 saturated carbocycles. The Balaban J connectivity index is 2.58. The van der Waals surface area contributed by atoms with Crippen LogP contribution in [-0.2, 0) is 0 Å². The van der Waals surface area contributed by atoms with Gasteiger partial charge in [0.15, 0.2) is 0 Å². The molecule has 0 unspecified atom stereocenters. The molecule has 3 rings (SSSR count). The van der Waals surface area contributed by atoms with E-state index in [2.05, 4.69) is 4.98 Å². The number of aromatic nitrogens is 1. The molecule has 0 amide bonds. The lowest BCUT2D eigenvalue weighted by atomic mass is 10.0. The van der Waals surface area contributed by atoms with Gasteiger partial charge in [0.2, 0.25) is 0 Å². The maximum absolute atomic E-state index is 8.11. The molecule has 16 heavy (non-hydrogen) atoms. The number of rotatable bonds is 1. The molecule has 1 aromatic heterocycles. The first-order chi connectivity index (χ1) is 10.4. The highest BCUT2D eigenvalue weighted by Gasteiger charge is 2.03. The molecule has 76 valence electrons. The minimum absolute atomic E-state index is 0.0323. The molecular formula is C15H11N. The van der Waals surface area contributed by atoms with Crippen LogP contribution in [0.25, 0.3) is 22.0 Å². The second-order valence-corrected chi connectivity index (χ2v) is 3.31. The van der Waals surface area contributed by atoms with E-state index >= 15 is 0 Å². The largest absolute Gasteiger partial charge is 0.256 e. The molecule has 0 N–H and O–H groups in total. The summed E-state index contributed by atoms with van der Waals surface area (Å²) in [7, 11) is 0. The highest BCUT2D eigenvalue weighted by molar-refractivity contribution is 5.94. The summed E-state index contributed by atoms with van der Waals surface area (Å²) < 4.78 is 47.5. The lowest BCUT2D eigenvalue weighted by Crippen LogP contribution is -1.84. The summed E-state index contributed by atoms with van der Waals surface area (Å²) in [5.74, 6) is 0. The topological polar surface area (TPSA) is 12.9 Å². The third kappa shape index (κ3) is 1.47. The van der Waals surface area contributed by atoms with Gasteiger partial charge in [-0.15, -0.1) is 0 Å². The third-order valence-electron chi connectivity index (χ3n) is 2.32. The van der Waals surface area contributed by atoms with Crippen molar-refractivity contribution >= 4 is 10.8 Å². The Bertz CT molecular complexity index is 892. The highest BCUT2D eigenvalue weighted by Crippen LogP contribution is 2.25. The van der Waals surface area contributed by atoms with Gasteiger partial charge in [-0.05, 0) is 11.4 Å². The number of hydrogen-bond donors (Lipinski definition) is 0. The lowest BCUT2D eigenvalue weighted by Gasteiger charge is -2.04. The Morgan fingerprint density at radius 1 is 0.938 bits per heavy atom. The summed E-state index contributed by atoms with van der Waals surface area (Å²) in [6.45, 7) is 0. The predicted octanol–water partition coefficient (Wildman–Crippen LogP) is 3.90. The standard InChI is InChI=1S/C15H11N/c1-2-7-13(8-3-1)15-14-9-5-4-6-12(14)10-11-16-15/h1-11H/i4D,5D,6D,9D,10D,11D. The molecule has 0 aliphatic carbocycles. The summed E-state index contributed by atoms with van der Waals surface area (Å²) in [4.78, 5) is 4.08. The molecule has 0 saturated heterocycles. The third-order valence-corrected chi connectivity index (χ3v) is 2.32. The van der Waals surface area contributed by atoms with Crippen LogP contribution < -0.4 is 0 Å². The van der Waals surface area contributed by atoms with Crippen molar-refractivity contribution in [2.24, 2.45) is 0 Å².